The van der Waals surface area contributed by atoms with E-state index < -0.39 is 29.9 Å². The van der Waals surface area contributed by atoms with Crippen molar-refractivity contribution >= 4 is 23.7 Å². The van der Waals surface area contributed by atoms with Crippen LogP contribution in [0.15, 0.2) is 18.3 Å². The highest BCUT2D eigenvalue weighted by atomic mass is 16.4. The fourth-order valence-electron chi connectivity index (χ4n) is 4.50. The summed E-state index contributed by atoms with van der Waals surface area (Å²) in [6.45, 7) is 1.95. The molecular weight excluding hydrogens is 372 g/mol. The van der Waals surface area contributed by atoms with Gasteiger partial charge in [-0.15, -0.1) is 0 Å². The van der Waals surface area contributed by atoms with Gasteiger partial charge in [-0.1, -0.05) is 32.1 Å². The van der Waals surface area contributed by atoms with Crippen molar-refractivity contribution < 1.29 is 19.5 Å². The molecule has 2 fully saturated rings. The van der Waals surface area contributed by atoms with Crippen LogP contribution in [0.25, 0.3) is 0 Å². The standard InChI is InChI=1S/C21H30N4O4/c1-13(15-7-5-3-2-4-6-8-15)24-21(29)25-18(20(27)28)16(19(25)26)11-14-9-10-23-17(22)12-14/h9-10,12-13,15-16,18H,2-8,11H2,1H3,(H2,22,23)(H,24,29)(H,27,28). The van der Waals surface area contributed by atoms with Crippen molar-refractivity contribution in [2.24, 2.45) is 11.8 Å². The van der Waals surface area contributed by atoms with E-state index in [-0.39, 0.29) is 12.5 Å². The molecule has 0 aromatic carbocycles. The Morgan fingerprint density at radius 3 is 2.55 bits per heavy atom. The smallest absolute Gasteiger partial charge is 0.327 e. The van der Waals surface area contributed by atoms with Crippen molar-refractivity contribution in [2.45, 2.75) is 70.4 Å². The molecule has 29 heavy (non-hydrogen) atoms. The molecule has 1 saturated carbocycles. The highest BCUT2D eigenvalue weighted by molar-refractivity contribution is 6.07. The minimum absolute atomic E-state index is 0.0955. The molecule has 1 aliphatic carbocycles. The Morgan fingerprint density at radius 2 is 1.93 bits per heavy atom. The summed E-state index contributed by atoms with van der Waals surface area (Å²) in [5, 5.41) is 12.5. The number of nitrogen functional groups attached to an aromatic ring is 1. The van der Waals surface area contributed by atoms with E-state index in [1.165, 1.54) is 25.5 Å². The number of imide groups is 1. The number of β-lactam (4-membered cyclic amide) rings is 1. The maximum absolute atomic E-state index is 12.7. The van der Waals surface area contributed by atoms with Gasteiger partial charge in [0.1, 0.15) is 5.82 Å². The summed E-state index contributed by atoms with van der Waals surface area (Å²) in [6, 6.07) is 1.44. The number of anilines is 1. The molecule has 8 nitrogen and oxygen atoms in total. The fourth-order valence-corrected chi connectivity index (χ4v) is 4.50. The van der Waals surface area contributed by atoms with Crippen molar-refractivity contribution in [1.82, 2.24) is 15.2 Å². The van der Waals surface area contributed by atoms with Crippen molar-refractivity contribution in [1.29, 1.82) is 0 Å². The van der Waals surface area contributed by atoms with Crippen LogP contribution in [-0.4, -0.2) is 45.0 Å². The number of carbonyl (C=O) groups excluding carboxylic acids is 2. The summed E-state index contributed by atoms with van der Waals surface area (Å²) in [5.41, 5.74) is 6.38. The molecule has 2 aliphatic rings. The monoisotopic (exact) mass is 402 g/mol. The lowest BCUT2D eigenvalue weighted by atomic mass is 9.82. The maximum atomic E-state index is 12.7. The van der Waals surface area contributed by atoms with Crippen molar-refractivity contribution in [2.75, 3.05) is 5.73 Å². The number of hydrogen-bond acceptors (Lipinski definition) is 5. The number of carboxylic acids is 1. The quantitative estimate of drug-likeness (QED) is 0.650. The zero-order chi connectivity index (χ0) is 21.0. The van der Waals surface area contributed by atoms with Gasteiger partial charge in [-0.25, -0.2) is 19.5 Å². The second-order valence-corrected chi connectivity index (χ2v) is 8.23. The topological polar surface area (TPSA) is 126 Å². The Bertz CT molecular complexity index is 761. The normalized spacial score (nSPS) is 24.2. The van der Waals surface area contributed by atoms with E-state index in [1.807, 2.05) is 6.92 Å². The van der Waals surface area contributed by atoms with Gasteiger partial charge in [0.25, 0.3) is 0 Å². The number of nitrogens with one attached hydrogen (secondary N) is 1. The summed E-state index contributed by atoms with van der Waals surface area (Å²) in [6.07, 6.45) is 9.79. The number of nitrogens with two attached hydrogens (primary N) is 1. The molecule has 1 aromatic rings. The molecule has 0 bridgehead atoms. The molecule has 1 aromatic heterocycles. The molecule has 8 heteroatoms. The number of aliphatic carboxylic acids is 1. The van der Waals surface area contributed by atoms with Crippen LogP contribution in [0.5, 0.6) is 0 Å². The first-order valence-electron chi connectivity index (χ1n) is 10.4. The maximum Gasteiger partial charge on any atom is 0.327 e. The average Bonchev–Trinajstić information content (AvgIpc) is 2.63. The first-order valence-corrected chi connectivity index (χ1v) is 10.4. The molecule has 1 saturated heterocycles. The molecule has 3 unspecified atom stereocenters. The summed E-state index contributed by atoms with van der Waals surface area (Å²) < 4.78 is 0. The van der Waals surface area contributed by atoms with Gasteiger partial charge in [-0.05, 0) is 49.8 Å². The number of rotatable bonds is 5. The molecule has 1 aliphatic heterocycles. The van der Waals surface area contributed by atoms with E-state index in [1.54, 1.807) is 12.1 Å². The van der Waals surface area contributed by atoms with E-state index in [9.17, 15) is 19.5 Å². The van der Waals surface area contributed by atoms with Crippen LogP contribution in [0, 0.1) is 11.8 Å². The summed E-state index contributed by atoms with van der Waals surface area (Å²) in [7, 11) is 0. The Hall–Kier alpha value is -2.64. The molecule has 4 N–H and O–H groups in total. The van der Waals surface area contributed by atoms with Gasteiger partial charge < -0.3 is 16.2 Å². The third-order valence-corrected chi connectivity index (χ3v) is 6.19. The SMILES string of the molecule is CC(NC(=O)N1C(=O)C(Cc2ccnc(N)c2)C1C(=O)O)C1CCCCCCC1. The van der Waals surface area contributed by atoms with Crippen LogP contribution in [0.4, 0.5) is 10.6 Å². The van der Waals surface area contributed by atoms with Crippen LogP contribution < -0.4 is 11.1 Å². The highest BCUT2D eigenvalue weighted by Crippen LogP contribution is 2.31. The molecule has 3 rings (SSSR count). The third kappa shape index (κ3) is 4.86. The molecular formula is C21H30N4O4. The summed E-state index contributed by atoms with van der Waals surface area (Å²) >= 11 is 0. The second kappa shape index (κ2) is 9.24. The van der Waals surface area contributed by atoms with Gasteiger partial charge in [0.05, 0.1) is 5.92 Å². The van der Waals surface area contributed by atoms with E-state index in [0.29, 0.717) is 11.7 Å². The second-order valence-electron chi connectivity index (χ2n) is 8.23. The van der Waals surface area contributed by atoms with E-state index >= 15 is 0 Å². The van der Waals surface area contributed by atoms with Crippen LogP contribution in [0.2, 0.25) is 0 Å². The zero-order valence-electron chi connectivity index (χ0n) is 16.8. The lowest BCUT2D eigenvalue weighted by Crippen LogP contribution is -2.69. The van der Waals surface area contributed by atoms with Crippen LogP contribution in [0.3, 0.4) is 0 Å². The highest BCUT2D eigenvalue weighted by Gasteiger charge is 2.54. The van der Waals surface area contributed by atoms with Crippen molar-refractivity contribution in [3.63, 3.8) is 0 Å². The number of nitrogens with zero attached hydrogens (tertiary/aromatic N) is 2. The number of aromatic nitrogens is 1. The Morgan fingerprint density at radius 1 is 1.28 bits per heavy atom. The minimum Gasteiger partial charge on any atom is -0.480 e. The number of urea groups is 1. The summed E-state index contributed by atoms with van der Waals surface area (Å²) in [5.74, 6) is -1.75. The predicted molar refractivity (Wildman–Crippen MR) is 108 cm³/mol. The number of carboxylic acid groups (broad SMARTS) is 1. The van der Waals surface area contributed by atoms with Gasteiger partial charge in [-0.2, -0.15) is 0 Å². The van der Waals surface area contributed by atoms with Gasteiger partial charge in [0.15, 0.2) is 6.04 Å². The minimum atomic E-state index is -1.18. The van der Waals surface area contributed by atoms with Gasteiger partial charge >= 0.3 is 12.0 Å². The Balaban J connectivity index is 1.63. The van der Waals surface area contributed by atoms with E-state index in [0.717, 1.165) is 36.1 Å². The molecule has 0 radical (unpaired) electrons. The fraction of sp³-hybridized carbons (Fsp3) is 0.619. The van der Waals surface area contributed by atoms with E-state index in [4.69, 9.17) is 5.73 Å². The van der Waals surface area contributed by atoms with Crippen LogP contribution in [-0.2, 0) is 16.0 Å². The summed E-state index contributed by atoms with van der Waals surface area (Å²) in [4.78, 5) is 41.9. The molecule has 2 heterocycles. The zero-order valence-corrected chi connectivity index (χ0v) is 16.8. The lowest BCUT2D eigenvalue weighted by molar-refractivity contribution is -0.165. The molecule has 158 valence electrons. The van der Waals surface area contributed by atoms with Crippen molar-refractivity contribution in [3.8, 4) is 0 Å². The average molecular weight is 402 g/mol. The van der Waals surface area contributed by atoms with Crippen LogP contribution >= 0.6 is 0 Å². The molecule has 0 spiro atoms. The Labute approximate surface area is 170 Å². The number of pyridine rings is 1. The number of hydrogen-bond donors (Lipinski definition) is 3. The van der Waals surface area contributed by atoms with E-state index in [2.05, 4.69) is 10.3 Å². The van der Waals surface area contributed by atoms with Gasteiger partial charge in [0.2, 0.25) is 5.91 Å². The number of likely N-dealkylation sites (tertiary alicyclic amines) is 1. The lowest BCUT2D eigenvalue weighted by Gasteiger charge is -2.43. The number of amides is 3. The Kier molecular flexibility index (Phi) is 6.71. The molecule has 3 atom stereocenters. The predicted octanol–water partition coefficient (Wildman–Crippen LogP) is 2.58. The largest absolute Gasteiger partial charge is 0.480 e. The first kappa shape index (κ1) is 21.1. The van der Waals surface area contributed by atoms with Crippen molar-refractivity contribution in [3.05, 3.63) is 23.9 Å². The number of carbonyl (C=O) groups is 3. The third-order valence-electron chi connectivity index (χ3n) is 6.19. The van der Waals surface area contributed by atoms with Gasteiger partial charge in [0, 0.05) is 12.2 Å². The van der Waals surface area contributed by atoms with Crippen LogP contribution in [0.1, 0.15) is 57.4 Å². The van der Waals surface area contributed by atoms with Gasteiger partial charge in [-0.3, -0.25) is 4.79 Å². The first-order chi connectivity index (χ1) is 13.9. The molecule has 3 amide bonds.